The Hall–Kier alpha value is -3.51. The number of carbonyl (C=O) groups is 2. The summed E-state index contributed by atoms with van der Waals surface area (Å²) in [5, 5.41) is 9.20. The van der Waals surface area contributed by atoms with E-state index in [1.165, 1.54) is 19.3 Å². The SMILES string of the molecule is O=C(NC1CCCCC1)c1ccc(NC(=S)NC(=O)C(c2ccccc2)c2ccccc2)cc1. The van der Waals surface area contributed by atoms with Crippen molar-refractivity contribution in [1.29, 1.82) is 0 Å². The van der Waals surface area contributed by atoms with E-state index < -0.39 is 5.92 Å². The van der Waals surface area contributed by atoms with Crippen molar-refractivity contribution in [1.82, 2.24) is 10.6 Å². The molecule has 3 N–H and O–H groups in total. The van der Waals surface area contributed by atoms with Gasteiger partial charge in [-0.3, -0.25) is 9.59 Å². The third-order valence-electron chi connectivity index (χ3n) is 6.11. The second-order valence-electron chi connectivity index (χ2n) is 8.58. The van der Waals surface area contributed by atoms with E-state index in [0.29, 0.717) is 11.3 Å². The van der Waals surface area contributed by atoms with Crippen LogP contribution in [0.4, 0.5) is 5.69 Å². The molecular weight excluding hydrogens is 442 g/mol. The van der Waals surface area contributed by atoms with E-state index in [1.807, 2.05) is 60.7 Å². The van der Waals surface area contributed by atoms with Gasteiger partial charge in [0, 0.05) is 17.3 Å². The summed E-state index contributed by atoms with van der Waals surface area (Å²) in [5.41, 5.74) is 3.10. The molecule has 0 saturated heterocycles. The number of benzene rings is 3. The molecule has 0 spiro atoms. The fraction of sp³-hybridized carbons (Fsp3) is 0.250. The molecule has 0 aliphatic heterocycles. The zero-order valence-corrected chi connectivity index (χ0v) is 19.8. The lowest BCUT2D eigenvalue weighted by molar-refractivity contribution is -0.120. The van der Waals surface area contributed by atoms with Gasteiger partial charge in [-0.05, 0) is 60.5 Å². The van der Waals surface area contributed by atoms with Crippen LogP contribution in [-0.4, -0.2) is 23.0 Å². The molecular formula is C28H29N3O2S. The van der Waals surface area contributed by atoms with Crippen molar-refractivity contribution in [2.45, 2.75) is 44.1 Å². The quantitative estimate of drug-likeness (QED) is 0.421. The maximum atomic E-state index is 13.2. The molecule has 0 atom stereocenters. The van der Waals surface area contributed by atoms with Crippen LogP contribution in [0, 0.1) is 0 Å². The normalized spacial score (nSPS) is 13.8. The standard InChI is InChI=1S/C28H29N3O2S/c32-26(29-23-14-8-3-9-15-23)22-16-18-24(19-17-22)30-28(34)31-27(33)25(20-10-4-1-5-11-20)21-12-6-2-7-13-21/h1-2,4-7,10-13,16-19,23,25H,3,8-9,14-15H2,(H,29,32)(H2,30,31,33,34). The van der Waals surface area contributed by atoms with Crippen LogP contribution in [0.3, 0.4) is 0 Å². The summed E-state index contributed by atoms with van der Waals surface area (Å²) in [6.45, 7) is 0. The largest absolute Gasteiger partial charge is 0.349 e. The maximum Gasteiger partial charge on any atom is 0.251 e. The van der Waals surface area contributed by atoms with Crippen LogP contribution < -0.4 is 16.0 Å². The van der Waals surface area contributed by atoms with Gasteiger partial charge >= 0.3 is 0 Å². The molecule has 1 fully saturated rings. The Balaban J connectivity index is 1.37. The Bertz CT molecular complexity index is 1070. The average molecular weight is 472 g/mol. The van der Waals surface area contributed by atoms with Crippen molar-refractivity contribution < 1.29 is 9.59 Å². The first-order valence-electron chi connectivity index (χ1n) is 11.7. The minimum absolute atomic E-state index is 0.0529. The van der Waals surface area contributed by atoms with E-state index in [4.69, 9.17) is 12.2 Å². The van der Waals surface area contributed by atoms with Crippen LogP contribution >= 0.6 is 12.2 Å². The molecule has 0 aromatic heterocycles. The van der Waals surface area contributed by atoms with Gasteiger partial charge in [0.05, 0.1) is 5.92 Å². The number of anilines is 1. The average Bonchev–Trinajstić information content (AvgIpc) is 2.86. The predicted molar refractivity (Wildman–Crippen MR) is 140 cm³/mol. The summed E-state index contributed by atoms with van der Waals surface area (Å²) in [6, 6.07) is 26.6. The van der Waals surface area contributed by atoms with E-state index in [1.54, 1.807) is 24.3 Å². The first kappa shape index (κ1) is 23.6. The zero-order valence-electron chi connectivity index (χ0n) is 19.0. The van der Waals surface area contributed by atoms with Crippen LogP contribution in [0.1, 0.15) is 59.5 Å². The van der Waals surface area contributed by atoms with Gasteiger partial charge in [-0.1, -0.05) is 79.9 Å². The minimum Gasteiger partial charge on any atom is -0.349 e. The number of rotatable bonds is 6. The summed E-state index contributed by atoms with van der Waals surface area (Å²) >= 11 is 5.40. The van der Waals surface area contributed by atoms with Crippen LogP contribution in [0.5, 0.6) is 0 Å². The van der Waals surface area contributed by atoms with E-state index >= 15 is 0 Å². The highest BCUT2D eigenvalue weighted by Gasteiger charge is 2.23. The molecule has 4 rings (SSSR count). The summed E-state index contributed by atoms with van der Waals surface area (Å²) in [6.07, 6.45) is 5.69. The third-order valence-corrected chi connectivity index (χ3v) is 6.31. The third kappa shape index (κ3) is 6.29. The summed E-state index contributed by atoms with van der Waals surface area (Å²) in [5.74, 6) is -0.741. The van der Waals surface area contributed by atoms with E-state index in [-0.39, 0.29) is 23.0 Å². The number of thiocarbonyl (C=S) groups is 1. The van der Waals surface area contributed by atoms with Crippen molar-refractivity contribution in [3.63, 3.8) is 0 Å². The highest BCUT2D eigenvalue weighted by molar-refractivity contribution is 7.80. The Kier molecular flexibility index (Phi) is 8.04. The van der Waals surface area contributed by atoms with Gasteiger partial charge in [-0.15, -0.1) is 0 Å². The fourth-order valence-corrected chi connectivity index (χ4v) is 4.57. The van der Waals surface area contributed by atoms with Crippen LogP contribution in [0.15, 0.2) is 84.9 Å². The van der Waals surface area contributed by atoms with Gasteiger partial charge < -0.3 is 16.0 Å². The van der Waals surface area contributed by atoms with Gasteiger partial charge in [-0.2, -0.15) is 0 Å². The molecule has 2 amide bonds. The van der Waals surface area contributed by atoms with Crippen molar-refractivity contribution in [2.24, 2.45) is 0 Å². The molecule has 5 nitrogen and oxygen atoms in total. The van der Waals surface area contributed by atoms with E-state index in [9.17, 15) is 9.59 Å². The highest BCUT2D eigenvalue weighted by Crippen LogP contribution is 2.25. The van der Waals surface area contributed by atoms with Crippen molar-refractivity contribution >= 4 is 34.8 Å². The molecule has 0 unspecified atom stereocenters. The number of hydrogen-bond donors (Lipinski definition) is 3. The molecule has 174 valence electrons. The van der Waals surface area contributed by atoms with E-state index in [2.05, 4.69) is 16.0 Å². The lowest BCUT2D eigenvalue weighted by Gasteiger charge is -2.22. The Morgan fingerprint density at radius 3 is 1.88 bits per heavy atom. The molecule has 0 radical (unpaired) electrons. The smallest absolute Gasteiger partial charge is 0.251 e. The van der Waals surface area contributed by atoms with Crippen LogP contribution in [0.25, 0.3) is 0 Å². The van der Waals surface area contributed by atoms with E-state index in [0.717, 1.165) is 24.0 Å². The van der Waals surface area contributed by atoms with Crippen LogP contribution in [-0.2, 0) is 4.79 Å². The number of amides is 2. The van der Waals surface area contributed by atoms with Crippen molar-refractivity contribution in [3.8, 4) is 0 Å². The zero-order chi connectivity index (χ0) is 23.8. The molecule has 3 aromatic carbocycles. The molecule has 3 aromatic rings. The molecule has 0 bridgehead atoms. The van der Waals surface area contributed by atoms with Gasteiger partial charge in [-0.25, -0.2) is 0 Å². The summed E-state index contributed by atoms with van der Waals surface area (Å²) in [4.78, 5) is 25.7. The van der Waals surface area contributed by atoms with Gasteiger partial charge in [0.15, 0.2) is 5.11 Å². The van der Waals surface area contributed by atoms with Gasteiger partial charge in [0.25, 0.3) is 5.91 Å². The summed E-state index contributed by atoms with van der Waals surface area (Å²) in [7, 11) is 0. The second-order valence-corrected chi connectivity index (χ2v) is 8.99. The van der Waals surface area contributed by atoms with Crippen molar-refractivity contribution in [2.75, 3.05) is 5.32 Å². The molecule has 34 heavy (non-hydrogen) atoms. The molecule has 1 aliphatic rings. The first-order chi connectivity index (χ1) is 16.6. The maximum absolute atomic E-state index is 13.2. The lowest BCUT2D eigenvalue weighted by atomic mass is 9.90. The molecule has 0 heterocycles. The monoisotopic (exact) mass is 471 g/mol. The number of hydrogen-bond acceptors (Lipinski definition) is 3. The highest BCUT2D eigenvalue weighted by atomic mass is 32.1. The first-order valence-corrected chi connectivity index (χ1v) is 12.1. The van der Waals surface area contributed by atoms with Crippen molar-refractivity contribution in [3.05, 3.63) is 102 Å². The second kappa shape index (κ2) is 11.6. The lowest BCUT2D eigenvalue weighted by Crippen LogP contribution is -2.38. The Labute approximate surface area is 206 Å². The minimum atomic E-state index is -0.479. The van der Waals surface area contributed by atoms with Crippen LogP contribution in [0.2, 0.25) is 0 Å². The number of nitrogens with one attached hydrogen (secondary N) is 3. The fourth-order valence-electron chi connectivity index (χ4n) is 4.35. The number of carbonyl (C=O) groups excluding carboxylic acids is 2. The molecule has 1 aliphatic carbocycles. The Morgan fingerprint density at radius 2 is 1.32 bits per heavy atom. The van der Waals surface area contributed by atoms with Gasteiger partial charge in [0.2, 0.25) is 5.91 Å². The van der Waals surface area contributed by atoms with Gasteiger partial charge in [0.1, 0.15) is 0 Å². The predicted octanol–water partition coefficient (Wildman–Crippen LogP) is 5.39. The Morgan fingerprint density at radius 1 is 0.765 bits per heavy atom. The summed E-state index contributed by atoms with van der Waals surface area (Å²) < 4.78 is 0. The molecule has 1 saturated carbocycles. The molecule has 6 heteroatoms. The topological polar surface area (TPSA) is 70.2 Å².